The van der Waals surface area contributed by atoms with Gasteiger partial charge in [0.25, 0.3) is 0 Å². The molecule has 0 saturated carbocycles. The van der Waals surface area contributed by atoms with Crippen LogP contribution in [0.1, 0.15) is 0 Å². The topological polar surface area (TPSA) is 47.9 Å². The van der Waals surface area contributed by atoms with Crippen LogP contribution in [0.2, 0.25) is 0 Å². The number of aliphatic hydroxyl groups excluding tert-OH is 1. The van der Waals surface area contributed by atoms with E-state index in [0.717, 1.165) is 4.90 Å². The van der Waals surface area contributed by atoms with Gasteiger partial charge in [-0.3, -0.25) is 0 Å². The molecule has 20 heavy (non-hydrogen) atoms. The van der Waals surface area contributed by atoms with Gasteiger partial charge in [0, 0.05) is 4.90 Å². The summed E-state index contributed by atoms with van der Waals surface area (Å²) in [5.41, 5.74) is 0. The number of benzene rings is 1. The maximum atomic E-state index is 10.6. The Morgan fingerprint density at radius 1 is 1.40 bits per heavy atom. The summed E-state index contributed by atoms with van der Waals surface area (Å²) in [6.45, 7) is 4.50. The summed E-state index contributed by atoms with van der Waals surface area (Å²) in [6, 6.07) is 9.94. The molecule has 1 aromatic carbocycles. The second-order valence-corrected chi connectivity index (χ2v) is 6.10. The molecular formula is C15H18O4S. The molecule has 2 bridgehead atoms. The SMILES string of the molecule is C=CCO[C@H]1[C@H](O)[C@@H](Sc2ccccc2)[C@@H]2OC[C@H]1O2. The largest absolute Gasteiger partial charge is 0.389 e. The van der Waals surface area contributed by atoms with Crippen LogP contribution in [-0.2, 0) is 14.2 Å². The molecule has 1 N–H and O–H groups in total. The highest BCUT2D eigenvalue weighted by atomic mass is 32.2. The summed E-state index contributed by atoms with van der Waals surface area (Å²) in [7, 11) is 0. The van der Waals surface area contributed by atoms with E-state index in [-0.39, 0.29) is 23.7 Å². The van der Waals surface area contributed by atoms with E-state index in [2.05, 4.69) is 6.58 Å². The maximum absolute atomic E-state index is 10.6. The molecule has 3 rings (SSSR count). The minimum absolute atomic E-state index is 0.189. The van der Waals surface area contributed by atoms with Gasteiger partial charge in [0.05, 0.1) is 24.6 Å². The molecule has 108 valence electrons. The number of hydrogen-bond acceptors (Lipinski definition) is 5. The number of ether oxygens (including phenoxy) is 3. The van der Waals surface area contributed by atoms with Gasteiger partial charge in [-0.2, -0.15) is 0 Å². The summed E-state index contributed by atoms with van der Waals surface area (Å²) in [5.74, 6) is 0. The molecule has 0 unspecified atom stereocenters. The van der Waals surface area contributed by atoms with Crippen molar-refractivity contribution in [1.82, 2.24) is 0 Å². The zero-order chi connectivity index (χ0) is 13.9. The second-order valence-electron chi connectivity index (χ2n) is 4.85. The van der Waals surface area contributed by atoms with Crippen molar-refractivity contribution >= 4 is 11.8 Å². The lowest BCUT2D eigenvalue weighted by Crippen LogP contribution is -2.53. The molecule has 0 amide bonds. The Bertz CT molecular complexity index is 452. The minimum Gasteiger partial charge on any atom is -0.389 e. The standard InChI is InChI=1S/C15H18O4S/c1-2-8-17-13-11-9-18-15(19-11)14(12(13)16)20-10-6-4-3-5-7-10/h2-7,11-16H,1,8-9H2/t11-,12+,13-,14-,15-/m1/s1. The zero-order valence-electron chi connectivity index (χ0n) is 11.1. The number of hydrogen-bond donors (Lipinski definition) is 1. The van der Waals surface area contributed by atoms with Gasteiger partial charge < -0.3 is 19.3 Å². The average Bonchev–Trinajstić information content (AvgIpc) is 2.91. The van der Waals surface area contributed by atoms with Crippen LogP contribution in [0.5, 0.6) is 0 Å². The van der Waals surface area contributed by atoms with Gasteiger partial charge in [0.2, 0.25) is 0 Å². The van der Waals surface area contributed by atoms with Crippen LogP contribution in [0.3, 0.4) is 0 Å². The first-order valence-corrected chi connectivity index (χ1v) is 7.57. The molecule has 5 heteroatoms. The number of rotatable bonds is 5. The highest BCUT2D eigenvalue weighted by Crippen LogP contribution is 2.39. The summed E-state index contributed by atoms with van der Waals surface area (Å²) >= 11 is 1.56. The van der Waals surface area contributed by atoms with Crippen molar-refractivity contribution in [2.45, 2.75) is 34.7 Å². The number of aliphatic hydroxyl groups is 1. The molecular weight excluding hydrogens is 276 g/mol. The first-order valence-electron chi connectivity index (χ1n) is 6.69. The molecule has 2 heterocycles. The average molecular weight is 294 g/mol. The van der Waals surface area contributed by atoms with E-state index in [1.54, 1.807) is 17.8 Å². The molecule has 0 aliphatic carbocycles. The first kappa shape index (κ1) is 14.1. The molecule has 4 nitrogen and oxygen atoms in total. The summed E-state index contributed by atoms with van der Waals surface area (Å²) < 4.78 is 17.1. The first-order chi connectivity index (χ1) is 9.79. The van der Waals surface area contributed by atoms with Gasteiger partial charge >= 0.3 is 0 Å². The highest BCUT2D eigenvalue weighted by Gasteiger charge is 2.51. The van der Waals surface area contributed by atoms with Crippen molar-refractivity contribution in [2.75, 3.05) is 13.2 Å². The maximum Gasteiger partial charge on any atom is 0.173 e. The molecule has 2 aliphatic rings. The van der Waals surface area contributed by atoms with Gasteiger partial charge in [0.15, 0.2) is 6.29 Å². The zero-order valence-corrected chi connectivity index (χ0v) is 11.9. The lowest BCUT2D eigenvalue weighted by atomic mass is 10.0. The number of fused-ring (bicyclic) bond motifs is 2. The van der Waals surface area contributed by atoms with Crippen LogP contribution < -0.4 is 0 Å². The van der Waals surface area contributed by atoms with Crippen LogP contribution in [-0.4, -0.2) is 48.2 Å². The van der Waals surface area contributed by atoms with Crippen molar-refractivity contribution in [1.29, 1.82) is 0 Å². The van der Waals surface area contributed by atoms with E-state index in [1.165, 1.54) is 0 Å². The lowest BCUT2D eigenvalue weighted by molar-refractivity contribution is -0.173. The van der Waals surface area contributed by atoms with Crippen LogP contribution >= 0.6 is 11.8 Å². The molecule has 2 aliphatic heterocycles. The predicted octanol–water partition coefficient (Wildman–Crippen LogP) is 1.83. The van der Waals surface area contributed by atoms with Gasteiger partial charge in [-0.15, -0.1) is 18.3 Å². The van der Waals surface area contributed by atoms with Crippen LogP contribution in [0.4, 0.5) is 0 Å². The van der Waals surface area contributed by atoms with Crippen molar-refractivity contribution in [3.8, 4) is 0 Å². The Kier molecular flexibility index (Phi) is 4.43. The Labute approximate surface area is 122 Å². The van der Waals surface area contributed by atoms with E-state index >= 15 is 0 Å². The predicted molar refractivity (Wildman–Crippen MR) is 76.6 cm³/mol. The Morgan fingerprint density at radius 3 is 2.95 bits per heavy atom. The lowest BCUT2D eigenvalue weighted by Gasteiger charge is -2.37. The Balaban J connectivity index is 1.74. The van der Waals surface area contributed by atoms with Crippen molar-refractivity contribution in [3.63, 3.8) is 0 Å². The van der Waals surface area contributed by atoms with E-state index in [0.29, 0.717) is 13.2 Å². The highest BCUT2D eigenvalue weighted by molar-refractivity contribution is 8.00. The van der Waals surface area contributed by atoms with E-state index < -0.39 is 6.10 Å². The summed E-state index contributed by atoms with van der Waals surface area (Å²) in [6.07, 6.45) is 0.124. The van der Waals surface area contributed by atoms with Gasteiger partial charge in [-0.1, -0.05) is 24.3 Å². The van der Waals surface area contributed by atoms with Crippen molar-refractivity contribution < 1.29 is 19.3 Å². The Hall–Kier alpha value is -0.850. The molecule has 2 fully saturated rings. The molecule has 0 spiro atoms. The molecule has 0 aromatic heterocycles. The summed E-state index contributed by atoms with van der Waals surface area (Å²) in [4.78, 5) is 1.08. The van der Waals surface area contributed by atoms with Crippen LogP contribution in [0.15, 0.2) is 47.9 Å². The second kappa shape index (κ2) is 6.28. The van der Waals surface area contributed by atoms with E-state index in [1.807, 2.05) is 30.3 Å². The third kappa shape index (κ3) is 2.77. The molecule has 0 radical (unpaired) electrons. The fraction of sp³-hybridized carbons (Fsp3) is 0.467. The molecule has 5 atom stereocenters. The van der Waals surface area contributed by atoms with Crippen LogP contribution in [0.25, 0.3) is 0 Å². The van der Waals surface area contributed by atoms with Crippen molar-refractivity contribution in [3.05, 3.63) is 43.0 Å². The fourth-order valence-corrected chi connectivity index (χ4v) is 3.70. The molecule has 1 aromatic rings. The van der Waals surface area contributed by atoms with E-state index in [4.69, 9.17) is 14.2 Å². The smallest absolute Gasteiger partial charge is 0.173 e. The van der Waals surface area contributed by atoms with Crippen molar-refractivity contribution in [2.24, 2.45) is 0 Å². The quantitative estimate of drug-likeness (QED) is 0.840. The monoisotopic (exact) mass is 294 g/mol. The van der Waals surface area contributed by atoms with Gasteiger partial charge in [-0.25, -0.2) is 0 Å². The molecule has 2 saturated heterocycles. The van der Waals surface area contributed by atoms with Crippen LogP contribution in [0, 0.1) is 0 Å². The summed E-state index contributed by atoms with van der Waals surface area (Å²) in [5, 5.41) is 10.4. The normalized spacial score (nSPS) is 36.0. The van der Waals surface area contributed by atoms with Gasteiger partial charge in [0.1, 0.15) is 12.2 Å². The third-order valence-electron chi connectivity index (χ3n) is 3.46. The Morgan fingerprint density at radius 2 is 2.20 bits per heavy atom. The minimum atomic E-state index is -0.619. The van der Waals surface area contributed by atoms with E-state index in [9.17, 15) is 5.11 Å². The third-order valence-corrected chi connectivity index (χ3v) is 4.78. The number of thioether (sulfide) groups is 1. The van der Waals surface area contributed by atoms with Gasteiger partial charge in [-0.05, 0) is 12.1 Å². The fourth-order valence-electron chi connectivity index (χ4n) is 2.52.